The zero-order valence-corrected chi connectivity index (χ0v) is 14.2. The van der Waals surface area contributed by atoms with Gasteiger partial charge < -0.3 is 10.1 Å². The number of benzene rings is 2. The lowest BCUT2D eigenvalue weighted by Gasteiger charge is -2.18. The average Bonchev–Trinajstić information content (AvgIpc) is 2.48. The highest BCUT2D eigenvalue weighted by atomic mass is 79.9. The van der Waals surface area contributed by atoms with Gasteiger partial charge in [0.15, 0.2) is 0 Å². The normalized spacial score (nSPS) is 12.1. The molecule has 0 aliphatic heterocycles. The van der Waals surface area contributed by atoms with Crippen LogP contribution in [-0.4, -0.2) is 20.7 Å². The molecule has 0 heterocycles. The van der Waals surface area contributed by atoms with E-state index in [1.165, 1.54) is 11.1 Å². The smallest absolute Gasteiger partial charge is 0.122 e. The third kappa shape index (κ3) is 4.87. The number of methoxy groups -OCH3 is 1. The summed E-state index contributed by atoms with van der Waals surface area (Å²) in [4.78, 5) is 0. The third-order valence-electron chi connectivity index (χ3n) is 3.61. The molecule has 0 fully saturated rings. The molecule has 1 unspecified atom stereocenters. The van der Waals surface area contributed by atoms with Crippen LogP contribution in [0.2, 0.25) is 0 Å². The van der Waals surface area contributed by atoms with Crippen molar-refractivity contribution >= 4 is 15.9 Å². The first-order valence-electron chi connectivity index (χ1n) is 7.24. The molecule has 0 saturated heterocycles. The molecule has 2 aromatic carbocycles. The van der Waals surface area contributed by atoms with Crippen LogP contribution < -0.4 is 10.1 Å². The van der Waals surface area contributed by atoms with Crippen LogP contribution in [0.1, 0.15) is 11.1 Å². The molecular formula is C18H22BrNO. The number of nitrogens with one attached hydrogen (secondary N) is 1. The van der Waals surface area contributed by atoms with Crippen LogP contribution >= 0.6 is 15.9 Å². The predicted molar refractivity (Wildman–Crippen MR) is 92.0 cm³/mol. The van der Waals surface area contributed by atoms with E-state index in [0.717, 1.165) is 29.6 Å². The van der Waals surface area contributed by atoms with E-state index < -0.39 is 0 Å². The second kappa shape index (κ2) is 8.20. The maximum atomic E-state index is 5.47. The molecule has 0 saturated carbocycles. The SMILES string of the molecule is CNCC(Cc1cccc(Br)c1)Cc1ccccc1OC. The second-order valence-corrected chi connectivity index (χ2v) is 6.19. The van der Waals surface area contributed by atoms with Crippen LogP contribution in [0.15, 0.2) is 53.0 Å². The number of hydrogen-bond acceptors (Lipinski definition) is 2. The van der Waals surface area contributed by atoms with E-state index in [4.69, 9.17) is 4.74 Å². The summed E-state index contributed by atoms with van der Waals surface area (Å²) in [6.45, 7) is 0.991. The Kier molecular flexibility index (Phi) is 6.27. The summed E-state index contributed by atoms with van der Waals surface area (Å²) in [6.07, 6.45) is 2.07. The average molecular weight is 348 g/mol. The zero-order valence-electron chi connectivity index (χ0n) is 12.6. The van der Waals surface area contributed by atoms with Crippen molar-refractivity contribution in [3.8, 4) is 5.75 Å². The number of rotatable bonds is 7. The lowest BCUT2D eigenvalue weighted by Crippen LogP contribution is -2.23. The molecule has 2 aromatic rings. The van der Waals surface area contributed by atoms with Crippen LogP contribution in [0.4, 0.5) is 0 Å². The fraction of sp³-hybridized carbons (Fsp3) is 0.333. The molecule has 0 aromatic heterocycles. The summed E-state index contributed by atoms with van der Waals surface area (Å²) >= 11 is 3.55. The number of halogens is 1. The molecule has 0 bridgehead atoms. The van der Waals surface area contributed by atoms with Crippen molar-refractivity contribution in [1.29, 1.82) is 0 Å². The maximum absolute atomic E-state index is 5.47. The van der Waals surface area contributed by atoms with Gasteiger partial charge in [0.25, 0.3) is 0 Å². The molecule has 2 rings (SSSR count). The second-order valence-electron chi connectivity index (χ2n) is 5.27. The van der Waals surface area contributed by atoms with Crippen LogP contribution in [0.3, 0.4) is 0 Å². The molecule has 2 nitrogen and oxygen atoms in total. The van der Waals surface area contributed by atoms with Crippen molar-refractivity contribution in [2.45, 2.75) is 12.8 Å². The van der Waals surface area contributed by atoms with Gasteiger partial charge in [0.2, 0.25) is 0 Å². The summed E-state index contributed by atoms with van der Waals surface area (Å²) in [5, 5.41) is 3.31. The summed E-state index contributed by atoms with van der Waals surface area (Å²) in [7, 11) is 3.75. The predicted octanol–water partition coefficient (Wildman–Crippen LogP) is 4.08. The summed E-state index contributed by atoms with van der Waals surface area (Å²) in [6, 6.07) is 16.8. The van der Waals surface area contributed by atoms with Gasteiger partial charge in [-0.3, -0.25) is 0 Å². The first-order chi connectivity index (χ1) is 10.2. The van der Waals surface area contributed by atoms with E-state index in [-0.39, 0.29) is 0 Å². The minimum absolute atomic E-state index is 0.542. The third-order valence-corrected chi connectivity index (χ3v) is 4.10. The molecule has 0 amide bonds. The Hall–Kier alpha value is -1.32. The quantitative estimate of drug-likeness (QED) is 0.814. The molecule has 21 heavy (non-hydrogen) atoms. The van der Waals surface area contributed by atoms with Gasteiger partial charge in [-0.15, -0.1) is 0 Å². The summed E-state index contributed by atoms with van der Waals surface area (Å²) in [5.74, 6) is 1.52. The van der Waals surface area contributed by atoms with E-state index in [9.17, 15) is 0 Å². The molecule has 0 aliphatic carbocycles. The Bertz CT molecular complexity index is 571. The van der Waals surface area contributed by atoms with Gasteiger partial charge in [-0.25, -0.2) is 0 Å². The van der Waals surface area contributed by atoms with Crippen molar-refractivity contribution < 1.29 is 4.74 Å². The number of ether oxygens (including phenoxy) is 1. The fourth-order valence-corrected chi connectivity index (χ4v) is 3.13. The Morgan fingerprint density at radius 3 is 2.62 bits per heavy atom. The number of hydrogen-bond donors (Lipinski definition) is 1. The molecule has 1 N–H and O–H groups in total. The summed E-state index contributed by atoms with van der Waals surface area (Å²) in [5.41, 5.74) is 2.63. The molecule has 0 aliphatic rings. The van der Waals surface area contributed by atoms with E-state index in [1.54, 1.807) is 7.11 Å². The van der Waals surface area contributed by atoms with Gasteiger partial charge in [0, 0.05) is 4.47 Å². The van der Waals surface area contributed by atoms with E-state index >= 15 is 0 Å². The fourth-order valence-electron chi connectivity index (χ4n) is 2.69. The van der Waals surface area contributed by atoms with Crippen molar-refractivity contribution in [3.05, 3.63) is 64.1 Å². The first-order valence-corrected chi connectivity index (χ1v) is 8.03. The van der Waals surface area contributed by atoms with Gasteiger partial charge >= 0.3 is 0 Å². The molecule has 0 spiro atoms. The van der Waals surface area contributed by atoms with E-state index in [2.05, 4.69) is 57.6 Å². The van der Waals surface area contributed by atoms with E-state index in [0.29, 0.717) is 5.92 Å². The van der Waals surface area contributed by atoms with Gasteiger partial charge in [-0.2, -0.15) is 0 Å². The Morgan fingerprint density at radius 1 is 1.10 bits per heavy atom. The van der Waals surface area contributed by atoms with Crippen LogP contribution in [-0.2, 0) is 12.8 Å². The molecule has 112 valence electrons. The van der Waals surface area contributed by atoms with Crippen LogP contribution in [0.5, 0.6) is 5.75 Å². The molecule has 1 atom stereocenters. The van der Waals surface area contributed by atoms with Crippen molar-refractivity contribution in [1.82, 2.24) is 5.32 Å². The minimum Gasteiger partial charge on any atom is -0.496 e. The van der Waals surface area contributed by atoms with E-state index in [1.807, 2.05) is 19.2 Å². The van der Waals surface area contributed by atoms with Gasteiger partial charge in [0.05, 0.1) is 7.11 Å². The van der Waals surface area contributed by atoms with Gasteiger partial charge in [0.1, 0.15) is 5.75 Å². The Labute approximate surface area is 135 Å². The van der Waals surface area contributed by atoms with Gasteiger partial charge in [-0.05, 0) is 61.7 Å². The largest absolute Gasteiger partial charge is 0.496 e. The highest BCUT2D eigenvalue weighted by Gasteiger charge is 2.13. The summed E-state index contributed by atoms with van der Waals surface area (Å²) < 4.78 is 6.61. The van der Waals surface area contributed by atoms with Crippen molar-refractivity contribution in [2.75, 3.05) is 20.7 Å². The van der Waals surface area contributed by atoms with Crippen molar-refractivity contribution in [2.24, 2.45) is 5.92 Å². The monoisotopic (exact) mass is 347 g/mol. The van der Waals surface area contributed by atoms with Gasteiger partial charge in [-0.1, -0.05) is 46.3 Å². The number of para-hydroxylation sites is 1. The zero-order chi connectivity index (χ0) is 15.1. The first kappa shape index (κ1) is 16.1. The topological polar surface area (TPSA) is 21.3 Å². The molecule has 0 radical (unpaired) electrons. The van der Waals surface area contributed by atoms with Crippen LogP contribution in [0, 0.1) is 5.92 Å². The Morgan fingerprint density at radius 2 is 1.90 bits per heavy atom. The molecular weight excluding hydrogens is 326 g/mol. The lowest BCUT2D eigenvalue weighted by atomic mass is 9.92. The molecule has 3 heteroatoms. The Balaban J connectivity index is 2.11. The lowest BCUT2D eigenvalue weighted by molar-refractivity contribution is 0.402. The van der Waals surface area contributed by atoms with Crippen LogP contribution in [0.25, 0.3) is 0 Å². The standard InChI is InChI=1S/C18H22BrNO/c1-20-13-15(10-14-6-5-8-17(19)12-14)11-16-7-3-4-9-18(16)21-2/h3-9,12,15,20H,10-11,13H2,1-2H3. The minimum atomic E-state index is 0.542. The maximum Gasteiger partial charge on any atom is 0.122 e. The highest BCUT2D eigenvalue weighted by Crippen LogP contribution is 2.23. The highest BCUT2D eigenvalue weighted by molar-refractivity contribution is 9.10. The van der Waals surface area contributed by atoms with Crippen molar-refractivity contribution in [3.63, 3.8) is 0 Å².